The third-order valence-electron chi connectivity index (χ3n) is 5.16. The van der Waals surface area contributed by atoms with Gasteiger partial charge in [-0.3, -0.25) is 4.79 Å². The Morgan fingerprint density at radius 2 is 2.03 bits per heavy atom. The van der Waals surface area contributed by atoms with Crippen molar-refractivity contribution in [2.45, 2.75) is 26.7 Å². The number of aryl methyl sites for hydroxylation is 1. The molecule has 1 aromatic carbocycles. The number of rotatable bonds is 4. The first-order valence-corrected chi connectivity index (χ1v) is 11.2. The molecule has 4 rings (SSSR count). The highest BCUT2D eigenvalue weighted by Crippen LogP contribution is 2.43. The largest absolute Gasteiger partial charge is 0.466 e. The molecule has 152 valence electrons. The fourth-order valence-corrected chi connectivity index (χ4v) is 5.26. The molecule has 29 heavy (non-hydrogen) atoms. The van der Waals surface area contributed by atoms with Crippen LogP contribution >= 0.6 is 34.5 Å². The van der Waals surface area contributed by atoms with E-state index in [4.69, 9.17) is 27.9 Å². The number of anilines is 1. The Morgan fingerprint density at radius 1 is 1.28 bits per heavy atom. The van der Waals surface area contributed by atoms with Gasteiger partial charge < -0.3 is 9.64 Å². The number of esters is 1. The number of hydrogen-bond acceptors (Lipinski definition) is 6. The molecule has 0 saturated carbocycles. The summed E-state index contributed by atoms with van der Waals surface area (Å²) in [4.78, 5) is 25.5. The second kappa shape index (κ2) is 8.46. The van der Waals surface area contributed by atoms with Crippen molar-refractivity contribution in [2.24, 2.45) is 5.92 Å². The van der Waals surface area contributed by atoms with E-state index in [0.29, 0.717) is 18.2 Å². The monoisotopic (exact) mass is 449 g/mol. The summed E-state index contributed by atoms with van der Waals surface area (Å²) < 4.78 is 5.25. The number of thiophene rings is 1. The van der Waals surface area contributed by atoms with Crippen LogP contribution in [0.2, 0.25) is 10.3 Å². The maximum absolute atomic E-state index is 12.3. The van der Waals surface area contributed by atoms with Gasteiger partial charge >= 0.3 is 5.97 Å². The molecule has 0 spiro atoms. The predicted molar refractivity (Wildman–Crippen MR) is 119 cm³/mol. The van der Waals surface area contributed by atoms with Crippen LogP contribution in [0.1, 0.15) is 24.6 Å². The van der Waals surface area contributed by atoms with Gasteiger partial charge in [-0.15, -0.1) is 11.3 Å². The van der Waals surface area contributed by atoms with Crippen LogP contribution in [0.15, 0.2) is 24.3 Å². The quantitative estimate of drug-likeness (QED) is 0.374. The Kier molecular flexibility index (Phi) is 5.95. The zero-order valence-electron chi connectivity index (χ0n) is 16.2. The zero-order valence-corrected chi connectivity index (χ0v) is 18.6. The molecule has 0 bridgehead atoms. The molecule has 1 aliphatic heterocycles. The summed E-state index contributed by atoms with van der Waals surface area (Å²) in [7, 11) is 0. The Balaban J connectivity index is 1.81. The van der Waals surface area contributed by atoms with E-state index in [1.807, 2.05) is 31.2 Å². The van der Waals surface area contributed by atoms with Gasteiger partial charge in [0.25, 0.3) is 0 Å². The molecule has 2 aromatic heterocycles. The van der Waals surface area contributed by atoms with Gasteiger partial charge in [0.1, 0.15) is 10.6 Å². The van der Waals surface area contributed by atoms with Gasteiger partial charge in [0.2, 0.25) is 5.28 Å². The van der Waals surface area contributed by atoms with E-state index < -0.39 is 0 Å². The van der Waals surface area contributed by atoms with Crippen molar-refractivity contribution in [1.29, 1.82) is 0 Å². The highest BCUT2D eigenvalue weighted by molar-refractivity contribution is 7.19. The average Bonchev–Trinajstić information content (AvgIpc) is 3.03. The smallest absolute Gasteiger partial charge is 0.310 e. The van der Waals surface area contributed by atoms with E-state index >= 15 is 0 Å². The fourth-order valence-electron chi connectivity index (χ4n) is 3.88. The summed E-state index contributed by atoms with van der Waals surface area (Å²) in [5, 5.41) is 1.89. The van der Waals surface area contributed by atoms with Crippen LogP contribution < -0.4 is 4.90 Å². The van der Waals surface area contributed by atoms with Crippen molar-refractivity contribution >= 4 is 56.5 Å². The lowest BCUT2D eigenvalue weighted by atomic mass is 9.97. The molecule has 8 heteroatoms. The lowest BCUT2D eigenvalue weighted by Gasteiger charge is -2.33. The Bertz CT molecular complexity index is 1050. The first-order chi connectivity index (χ1) is 14.0. The molecule has 0 N–H and O–H groups in total. The number of hydrogen-bond donors (Lipinski definition) is 0. The minimum absolute atomic E-state index is 0.145. The molecular weight excluding hydrogens is 429 g/mol. The van der Waals surface area contributed by atoms with E-state index in [0.717, 1.165) is 51.4 Å². The number of carbonyl (C=O) groups excluding carboxylic acids is 1. The van der Waals surface area contributed by atoms with Gasteiger partial charge in [0.05, 0.1) is 17.9 Å². The molecule has 0 amide bonds. The highest BCUT2D eigenvalue weighted by Gasteiger charge is 2.30. The number of fused-ring (bicyclic) bond motifs is 1. The lowest BCUT2D eigenvalue weighted by molar-refractivity contribution is -0.148. The van der Waals surface area contributed by atoms with Crippen molar-refractivity contribution in [3.05, 3.63) is 39.4 Å². The molecule has 1 atom stereocenters. The fraction of sp³-hybridized carbons (Fsp3) is 0.381. The lowest BCUT2D eigenvalue weighted by Crippen LogP contribution is -2.40. The second-order valence-corrected chi connectivity index (χ2v) is 9.05. The first kappa shape index (κ1) is 20.4. The Morgan fingerprint density at radius 3 is 2.76 bits per heavy atom. The molecule has 0 radical (unpaired) electrons. The molecular formula is C21H21Cl2N3O2S. The van der Waals surface area contributed by atoms with Crippen LogP contribution in [0.3, 0.4) is 0 Å². The molecule has 3 heterocycles. The average molecular weight is 450 g/mol. The van der Waals surface area contributed by atoms with Crippen LogP contribution in [0, 0.1) is 12.8 Å². The predicted octanol–water partition coefficient (Wildman–Crippen LogP) is 5.75. The van der Waals surface area contributed by atoms with E-state index in [1.165, 1.54) is 0 Å². The van der Waals surface area contributed by atoms with Gasteiger partial charge in [0.15, 0.2) is 0 Å². The van der Waals surface area contributed by atoms with Crippen LogP contribution in [-0.2, 0) is 9.53 Å². The number of carbonyl (C=O) groups is 1. The molecule has 1 saturated heterocycles. The summed E-state index contributed by atoms with van der Waals surface area (Å²) >= 11 is 14.0. The van der Waals surface area contributed by atoms with Crippen LogP contribution in [0.4, 0.5) is 5.82 Å². The molecule has 5 nitrogen and oxygen atoms in total. The first-order valence-electron chi connectivity index (χ1n) is 9.62. The van der Waals surface area contributed by atoms with Gasteiger partial charge in [-0.05, 0) is 56.0 Å². The standard InChI is InChI=1S/C21H21Cl2N3O2S/c1-3-28-20(27)14-5-4-10-26(11-14)18-17-16(13-6-8-15(22)9-7-13)12(2)29-19(17)25-21(23)24-18/h6-9,14H,3-5,10-11H2,1-2H3. The molecule has 1 unspecified atom stereocenters. The molecule has 3 aromatic rings. The summed E-state index contributed by atoms with van der Waals surface area (Å²) in [6, 6.07) is 7.78. The van der Waals surface area contributed by atoms with Crippen molar-refractivity contribution < 1.29 is 9.53 Å². The summed E-state index contributed by atoms with van der Waals surface area (Å²) in [6.45, 7) is 5.68. The van der Waals surface area contributed by atoms with Crippen LogP contribution in [0.5, 0.6) is 0 Å². The van der Waals surface area contributed by atoms with Crippen molar-refractivity contribution in [3.63, 3.8) is 0 Å². The summed E-state index contributed by atoms with van der Waals surface area (Å²) in [5.41, 5.74) is 2.15. The van der Waals surface area contributed by atoms with E-state index in [-0.39, 0.29) is 17.2 Å². The number of halogens is 2. The third-order valence-corrected chi connectivity index (χ3v) is 6.58. The molecule has 1 fully saturated rings. The van der Waals surface area contributed by atoms with Crippen molar-refractivity contribution in [1.82, 2.24) is 9.97 Å². The van der Waals surface area contributed by atoms with Gasteiger partial charge in [0, 0.05) is 28.6 Å². The second-order valence-electron chi connectivity index (χ2n) is 7.07. The van der Waals surface area contributed by atoms with E-state index in [1.54, 1.807) is 11.3 Å². The maximum Gasteiger partial charge on any atom is 0.310 e. The Labute approximate surface area is 183 Å². The zero-order chi connectivity index (χ0) is 20.5. The summed E-state index contributed by atoms with van der Waals surface area (Å²) in [5.74, 6) is 0.475. The normalized spacial score (nSPS) is 17.0. The maximum atomic E-state index is 12.3. The minimum atomic E-state index is -0.161. The molecule has 0 aliphatic carbocycles. The number of ether oxygens (including phenoxy) is 1. The summed E-state index contributed by atoms with van der Waals surface area (Å²) in [6.07, 6.45) is 1.72. The minimum Gasteiger partial charge on any atom is -0.466 e. The van der Waals surface area contributed by atoms with E-state index in [2.05, 4.69) is 21.8 Å². The number of aromatic nitrogens is 2. The van der Waals surface area contributed by atoms with E-state index in [9.17, 15) is 4.79 Å². The Hall–Kier alpha value is -1.89. The van der Waals surface area contributed by atoms with Gasteiger partial charge in [-0.25, -0.2) is 4.98 Å². The SMILES string of the molecule is CCOC(=O)C1CCCN(c2nc(Cl)nc3sc(C)c(-c4ccc(Cl)cc4)c23)C1. The van der Waals surface area contributed by atoms with Crippen LogP contribution in [0.25, 0.3) is 21.3 Å². The number of piperidine rings is 1. The third kappa shape index (κ3) is 4.06. The topological polar surface area (TPSA) is 55.3 Å². The number of benzene rings is 1. The highest BCUT2D eigenvalue weighted by atomic mass is 35.5. The number of nitrogens with zero attached hydrogens (tertiary/aromatic N) is 3. The van der Waals surface area contributed by atoms with Crippen molar-refractivity contribution in [2.75, 3.05) is 24.6 Å². The van der Waals surface area contributed by atoms with Crippen LogP contribution in [-0.4, -0.2) is 35.6 Å². The molecule has 1 aliphatic rings. The van der Waals surface area contributed by atoms with Crippen molar-refractivity contribution in [3.8, 4) is 11.1 Å². The van der Waals surface area contributed by atoms with Gasteiger partial charge in [-0.2, -0.15) is 4.98 Å². The van der Waals surface area contributed by atoms with Gasteiger partial charge in [-0.1, -0.05) is 23.7 Å².